The maximum atomic E-state index is 11.8. The molecule has 1 aromatic rings. The summed E-state index contributed by atoms with van der Waals surface area (Å²) in [5, 5.41) is 13.1. The minimum absolute atomic E-state index is 0.139. The van der Waals surface area contributed by atoms with Gasteiger partial charge in [-0.1, -0.05) is 0 Å². The molecule has 2 rings (SSSR count). The summed E-state index contributed by atoms with van der Waals surface area (Å²) in [6, 6.07) is 0. The topological polar surface area (TPSA) is 67.6 Å². The number of fused-ring (bicyclic) bond motifs is 1. The molecule has 6 nitrogen and oxygen atoms in total. The zero-order chi connectivity index (χ0) is 12.6. The number of carbonyl (C=O) groups is 1. The van der Waals surface area contributed by atoms with E-state index in [9.17, 15) is 4.79 Å². The molecule has 0 fully saturated rings. The molecule has 17 heavy (non-hydrogen) atoms. The van der Waals surface area contributed by atoms with Crippen LogP contribution in [0, 0.1) is 0 Å². The van der Waals surface area contributed by atoms with Crippen LogP contribution in [0.4, 0.5) is 4.79 Å². The van der Waals surface area contributed by atoms with Gasteiger partial charge < -0.3 is 9.84 Å². The fourth-order valence-electron chi connectivity index (χ4n) is 1.74. The lowest BCUT2D eigenvalue weighted by atomic mass is 10.2. The maximum absolute atomic E-state index is 11.8. The van der Waals surface area contributed by atoms with E-state index in [1.54, 1.807) is 11.1 Å². The fraction of sp³-hybridized carbons (Fsp3) is 0.636. The second-order valence-electron chi connectivity index (χ2n) is 5.12. The Morgan fingerprint density at radius 3 is 2.76 bits per heavy atom. The molecule has 0 aromatic carbocycles. The Morgan fingerprint density at radius 1 is 1.53 bits per heavy atom. The standard InChI is InChI=1S/C11H17N3O3/c1-11(2,3)17-10(16)13-4-8-5-14(7-15)12-9(8)6-13/h5,15H,4,6-7H2,1-3H3. The molecule has 6 heteroatoms. The van der Waals surface area contributed by atoms with Gasteiger partial charge in [0.25, 0.3) is 0 Å². The van der Waals surface area contributed by atoms with Crippen LogP contribution in [-0.4, -0.2) is 31.5 Å². The summed E-state index contributed by atoms with van der Waals surface area (Å²) < 4.78 is 6.74. The Hall–Kier alpha value is -1.56. The molecule has 0 bridgehead atoms. The van der Waals surface area contributed by atoms with Crippen LogP contribution in [0.2, 0.25) is 0 Å². The molecule has 1 amide bonds. The van der Waals surface area contributed by atoms with Crippen molar-refractivity contribution in [3.05, 3.63) is 17.5 Å². The zero-order valence-corrected chi connectivity index (χ0v) is 10.3. The van der Waals surface area contributed by atoms with Gasteiger partial charge in [-0.2, -0.15) is 5.10 Å². The molecular weight excluding hydrogens is 222 g/mol. The number of nitrogens with zero attached hydrogens (tertiary/aromatic N) is 3. The van der Waals surface area contributed by atoms with Crippen LogP contribution in [-0.2, 0) is 24.6 Å². The lowest BCUT2D eigenvalue weighted by Gasteiger charge is -2.24. The smallest absolute Gasteiger partial charge is 0.410 e. The molecule has 1 aliphatic rings. The molecule has 1 aromatic heterocycles. The van der Waals surface area contributed by atoms with Crippen molar-refractivity contribution < 1.29 is 14.6 Å². The Bertz CT molecular complexity index is 410. The van der Waals surface area contributed by atoms with E-state index in [0.717, 1.165) is 11.3 Å². The predicted octanol–water partition coefficient (Wildman–Crippen LogP) is 1.08. The van der Waals surface area contributed by atoms with E-state index in [1.807, 2.05) is 20.8 Å². The van der Waals surface area contributed by atoms with Gasteiger partial charge in [-0.25, -0.2) is 9.48 Å². The summed E-state index contributed by atoms with van der Waals surface area (Å²) in [5.74, 6) is 0. The molecule has 0 saturated heterocycles. The van der Waals surface area contributed by atoms with Gasteiger partial charge in [-0.05, 0) is 20.8 Å². The van der Waals surface area contributed by atoms with Crippen LogP contribution in [0.1, 0.15) is 32.0 Å². The van der Waals surface area contributed by atoms with Crippen LogP contribution in [0.5, 0.6) is 0 Å². The third-order valence-corrected chi connectivity index (χ3v) is 2.42. The monoisotopic (exact) mass is 239 g/mol. The Balaban J connectivity index is 2.00. The fourth-order valence-corrected chi connectivity index (χ4v) is 1.74. The van der Waals surface area contributed by atoms with Crippen molar-refractivity contribution in [3.8, 4) is 0 Å². The first kappa shape index (κ1) is 11.9. The highest BCUT2D eigenvalue weighted by Crippen LogP contribution is 2.23. The van der Waals surface area contributed by atoms with Gasteiger partial charge >= 0.3 is 6.09 Å². The SMILES string of the molecule is CC(C)(C)OC(=O)N1Cc2cn(CO)nc2C1. The predicted molar refractivity (Wildman–Crippen MR) is 59.9 cm³/mol. The van der Waals surface area contributed by atoms with E-state index in [0.29, 0.717) is 13.1 Å². The van der Waals surface area contributed by atoms with Gasteiger partial charge in [0.2, 0.25) is 0 Å². The third kappa shape index (κ3) is 2.58. The van der Waals surface area contributed by atoms with Crippen molar-refractivity contribution in [2.45, 2.75) is 46.2 Å². The summed E-state index contributed by atoms with van der Waals surface area (Å²) in [4.78, 5) is 13.4. The highest BCUT2D eigenvalue weighted by Gasteiger charge is 2.29. The Morgan fingerprint density at radius 2 is 2.24 bits per heavy atom. The number of aliphatic hydroxyl groups excluding tert-OH is 1. The van der Waals surface area contributed by atoms with Crippen molar-refractivity contribution in [2.75, 3.05) is 0 Å². The van der Waals surface area contributed by atoms with E-state index in [-0.39, 0.29) is 12.8 Å². The van der Waals surface area contributed by atoms with Crippen LogP contribution >= 0.6 is 0 Å². The van der Waals surface area contributed by atoms with E-state index in [2.05, 4.69) is 5.10 Å². The molecule has 1 aliphatic heterocycles. The lowest BCUT2D eigenvalue weighted by Crippen LogP contribution is -2.33. The number of rotatable bonds is 1. The number of aromatic nitrogens is 2. The third-order valence-electron chi connectivity index (χ3n) is 2.42. The summed E-state index contributed by atoms with van der Waals surface area (Å²) >= 11 is 0. The van der Waals surface area contributed by atoms with E-state index in [4.69, 9.17) is 9.84 Å². The first-order chi connectivity index (χ1) is 7.89. The summed E-state index contributed by atoms with van der Waals surface area (Å²) in [6.07, 6.45) is 1.42. The minimum atomic E-state index is -0.484. The van der Waals surface area contributed by atoms with E-state index < -0.39 is 5.60 Å². The first-order valence-corrected chi connectivity index (χ1v) is 5.53. The second kappa shape index (κ2) is 4.03. The highest BCUT2D eigenvalue weighted by atomic mass is 16.6. The minimum Gasteiger partial charge on any atom is -0.444 e. The lowest BCUT2D eigenvalue weighted by molar-refractivity contribution is 0.0238. The Labute approximate surface area is 99.8 Å². The van der Waals surface area contributed by atoms with Gasteiger partial charge in [-0.3, -0.25) is 4.90 Å². The maximum Gasteiger partial charge on any atom is 0.410 e. The zero-order valence-electron chi connectivity index (χ0n) is 10.3. The molecule has 0 saturated carbocycles. The van der Waals surface area contributed by atoms with Crippen molar-refractivity contribution >= 4 is 6.09 Å². The molecule has 0 atom stereocenters. The molecule has 2 heterocycles. The summed E-state index contributed by atoms with van der Waals surface area (Å²) in [6.45, 7) is 6.31. The van der Waals surface area contributed by atoms with Crippen LogP contribution < -0.4 is 0 Å². The Kier molecular flexibility index (Phi) is 2.82. The number of hydrogen-bond acceptors (Lipinski definition) is 4. The van der Waals surface area contributed by atoms with Crippen molar-refractivity contribution in [1.29, 1.82) is 0 Å². The van der Waals surface area contributed by atoms with Crippen LogP contribution in [0.15, 0.2) is 6.20 Å². The number of amides is 1. The van der Waals surface area contributed by atoms with Crippen LogP contribution in [0.25, 0.3) is 0 Å². The normalized spacial score (nSPS) is 14.9. The van der Waals surface area contributed by atoms with Crippen molar-refractivity contribution in [2.24, 2.45) is 0 Å². The first-order valence-electron chi connectivity index (χ1n) is 5.53. The average Bonchev–Trinajstić information content (AvgIpc) is 2.70. The van der Waals surface area contributed by atoms with Crippen molar-refractivity contribution in [3.63, 3.8) is 0 Å². The molecule has 0 radical (unpaired) electrons. The van der Waals surface area contributed by atoms with Gasteiger partial charge in [0, 0.05) is 11.8 Å². The largest absolute Gasteiger partial charge is 0.444 e. The molecule has 0 spiro atoms. The molecular formula is C11H17N3O3. The highest BCUT2D eigenvalue weighted by molar-refractivity contribution is 5.69. The van der Waals surface area contributed by atoms with E-state index >= 15 is 0 Å². The van der Waals surface area contributed by atoms with Crippen LogP contribution in [0.3, 0.4) is 0 Å². The van der Waals surface area contributed by atoms with Gasteiger partial charge in [0.05, 0.1) is 18.8 Å². The molecule has 0 unspecified atom stereocenters. The molecule has 94 valence electrons. The average molecular weight is 239 g/mol. The molecule has 1 N–H and O–H groups in total. The number of carbonyl (C=O) groups excluding carboxylic acids is 1. The summed E-state index contributed by atoms with van der Waals surface area (Å²) in [7, 11) is 0. The van der Waals surface area contributed by atoms with E-state index in [1.165, 1.54) is 4.68 Å². The summed E-state index contributed by atoms with van der Waals surface area (Å²) in [5.41, 5.74) is 1.30. The number of ether oxygens (including phenoxy) is 1. The number of hydrogen-bond donors (Lipinski definition) is 1. The van der Waals surface area contributed by atoms with Gasteiger partial charge in [0.15, 0.2) is 0 Å². The second-order valence-corrected chi connectivity index (χ2v) is 5.12. The molecule has 0 aliphatic carbocycles. The number of aliphatic hydroxyl groups is 1. The van der Waals surface area contributed by atoms with Crippen molar-refractivity contribution in [1.82, 2.24) is 14.7 Å². The van der Waals surface area contributed by atoms with Gasteiger partial charge in [0.1, 0.15) is 12.3 Å². The van der Waals surface area contributed by atoms with Gasteiger partial charge in [-0.15, -0.1) is 0 Å². The quantitative estimate of drug-likeness (QED) is 0.796.